The molecule has 10 nitrogen and oxygen atoms in total. The molecule has 4 aliphatic rings. The van der Waals surface area contributed by atoms with E-state index in [0.29, 0.717) is 36.8 Å². The van der Waals surface area contributed by atoms with Gasteiger partial charge in [-0.1, -0.05) is 32.6 Å². The van der Waals surface area contributed by atoms with Crippen LogP contribution in [0.4, 0.5) is 13.6 Å². The van der Waals surface area contributed by atoms with Crippen molar-refractivity contribution in [3.63, 3.8) is 0 Å². The van der Waals surface area contributed by atoms with Gasteiger partial charge in [0.25, 0.3) is 5.92 Å². The van der Waals surface area contributed by atoms with Gasteiger partial charge in [-0.25, -0.2) is 14.8 Å². The largest absolute Gasteiger partial charge is 0.497 e. The molecule has 2 aromatic rings. The first kappa shape index (κ1) is 31.4. The predicted octanol–water partition coefficient (Wildman–Crippen LogP) is 5.55. The van der Waals surface area contributed by atoms with Crippen LogP contribution in [-0.2, 0) is 20.2 Å². The van der Waals surface area contributed by atoms with E-state index in [4.69, 9.17) is 14.2 Å². The number of halogens is 2. The molecule has 0 unspecified atom stereocenters. The molecule has 6 rings (SSSR count). The van der Waals surface area contributed by atoms with Crippen molar-refractivity contribution in [3.8, 4) is 11.6 Å². The molecular formula is C33H42F2N4O6. The summed E-state index contributed by atoms with van der Waals surface area (Å²) in [6, 6.07) is 3.06. The molecule has 1 aromatic carbocycles. The number of ether oxygens (including phenoxy) is 3. The highest BCUT2D eigenvalue weighted by atomic mass is 19.3. The van der Waals surface area contributed by atoms with Gasteiger partial charge in [0.2, 0.25) is 11.8 Å². The lowest BCUT2D eigenvalue weighted by molar-refractivity contribution is -0.138. The number of hydrogen-bond donors (Lipinski definition) is 1. The second-order valence-corrected chi connectivity index (χ2v) is 13.4. The summed E-state index contributed by atoms with van der Waals surface area (Å²) in [6.45, 7) is 3.56. The normalized spacial score (nSPS) is 32.6. The average Bonchev–Trinajstić information content (AvgIpc) is 3.55. The third kappa shape index (κ3) is 6.29. The minimum Gasteiger partial charge on any atom is -0.497 e. The van der Waals surface area contributed by atoms with Crippen molar-refractivity contribution < 1.29 is 37.4 Å². The van der Waals surface area contributed by atoms with E-state index in [0.717, 1.165) is 32.1 Å². The van der Waals surface area contributed by atoms with Crippen LogP contribution in [0.1, 0.15) is 83.7 Å². The van der Waals surface area contributed by atoms with E-state index in [9.17, 15) is 14.4 Å². The number of benzene rings is 1. The van der Waals surface area contributed by atoms with Crippen molar-refractivity contribution in [2.24, 2.45) is 17.8 Å². The molecule has 12 heteroatoms. The summed E-state index contributed by atoms with van der Waals surface area (Å²) in [7, 11) is 1.50. The number of fused-ring (bicyclic) bond motifs is 5. The van der Waals surface area contributed by atoms with E-state index >= 15 is 8.78 Å². The van der Waals surface area contributed by atoms with Crippen LogP contribution in [0.15, 0.2) is 18.2 Å². The molecular weight excluding hydrogens is 586 g/mol. The maximum absolute atomic E-state index is 15.9. The number of amides is 2. The van der Waals surface area contributed by atoms with Gasteiger partial charge >= 0.3 is 6.09 Å². The number of nitrogens with zero attached hydrogens (tertiary/aromatic N) is 3. The van der Waals surface area contributed by atoms with Gasteiger partial charge in [-0.2, -0.15) is 8.78 Å². The molecule has 244 valence electrons. The zero-order valence-corrected chi connectivity index (χ0v) is 26.1. The Bertz CT molecular complexity index is 1450. The first-order valence-electron chi connectivity index (χ1n) is 16.2. The summed E-state index contributed by atoms with van der Waals surface area (Å²) >= 11 is 0. The van der Waals surface area contributed by atoms with Crippen LogP contribution in [-0.4, -0.2) is 70.6 Å². The van der Waals surface area contributed by atoms with E-state index in [1.807, 2.05) is 6.92 Å². The highest BCUT2D eigenvalue weighted by molar-refractivity contribution is 5.88. The number of nitrogens with one attached hydrogen (secondary N) is 1. The maximum Gasteiger partial charge on any atom is 0.408 e. The molecule has 0 radical (unpaired) electrons. The van der Waals surface area contributed by atoms with Gasteiger partial charge in [-0.3, -0.25) is 4.79 Å². The minimum atomic E-state index is -3.35. The Labute approximate surface area is 261 Å². The van der Waals surface area contributed by atoms with E-state index in [1.54, 1.807) is 25.1 Å². The SMILES string of the molecule is COc1ccc2nc3c(nc2c1)O[C@H]1CN(C(=O)[C@H](C2CCCCC2)NC(=O)O[C@]2(C)C[C@H]2CCCCC3(F)F)[C@H](C=O)[C@@H]1C. The molecule has 3 fully saturated rings. The van der Waals surface area contributed by atoms with Gasteiger partial charge < -0.3 is 29.2 Å². The van der Waals surface area contributed by atoms with E-state index in [-0.39, 0.29) is 36.2 Å². The van der Waals surface area contributed by atoms with Crippen LogP contribution in [0.25, 0.3) is 11.0 Å². The van der Waals surface area contributed by atoms with Crippen LogP contribution >= 0.6 is 0 Å². The molecule has 2 saturated carbocycles. The van der Waals surface area contributed by atoms with Crippen LogP contribution < -0.4 is 14.8 Å². The van der Waals surface area contributed by atoms with E-state index in [1.165, 1.54) is 12.0 Å². The third-order valence-corrected chi connectivity index (χ3v) is 10.4. The Morgan fingerprint density at radius 3 is 2.56 bits per heavy atom. The van der Waals surface area contributed by atoms with E-state index in [2.05, 4.69) is 15.3 Å². The fourth-order valence-corrected chi connectivity index (χ4v) is 7.39. The molecule has 1 N–H and O–H groups in total. The summed E-state index contributed by atoms with van der Waals surface area (Å²) < 4.78 is 49.2. The molecule has 45 heavy (non-hydrogen) atoms. The second-order valence-electron chi connectivity index (χ2n) is 13.4. The molecule has 1 saturated heterocycles. The molecule has 0 spiro atoms. The summed E-state index contributed by atoms with van der Waals surface area (Å²) in [6.07, 6.45) is 5.22. The number of carbonyl (C=O) groups excluding carboxylic acids is 3. The van der Waals surface area contributed by atoms with Crippen molar-refractivity contribution in [2.75, 3.05) is 13.7 Å². The highest BCUT2D eigenvalue weighted by Crippen LogP contribution is 2.50. The molecule has 2 amide bonds. The monoisotopic (exact) mass is 628 g/mol. The topological polar surface area (TPSA) is 120 Å². The lowest BCUT2D eigenvalue weighted by Gasteiger charge is -2.34. The fourth-order valence-electron chi connectivity index (χ4n) is 7.39. The smallest absolute Gasteiger partial charge is 0.408 e. The lowest BCUT2D eigenvalue weighted by Crippen LogP contribution is -2.55. The summed E-state index contributed by atoms with van der Waals surface area (Å²) in [5.74, 6) is -4.18. The van der Waals surface area contributed by atoms with Gasteiger partial charge in [0.15, 0.2) is 5.69 Å². The third-order valence-electron chi connectivity index (χ3n) is 10.4. The van der Waals surface area contributed by atoms with Gasteiger partial charge in [0.05, 0.1) is 30.7 Å². The molecule has 6 atom stereocenters. The van der Waals surface area contributed by atoms with E-state index < -0.39 is 59.7 Å². The van der Waals surface area contributed by atoms with Gasteiger partial charge in [-0.05, 0) is 57.1 Å². The number of aldehydes is 1. The molecule has 2 bridgehead atoms. The van der Waals surface area contributed by atoms with Gasteiger partial charge in [0.1, 0.15) is 29.8 Å². The van der Waals surface area contributed by atoms with Gasteiger partial charge in [0, 0.05) is 24.3 Å². The first-order valence-corrected chi connectivity index (χ1v) is 16.2. The second kappa shape index (κ2) is 12.3. The Hall–Kier alpha value is -3.57. The first-order chi connectivity index (χ1) is 21.5. The summed E-state index contributed by atoms with van der Waals surface area (Å²) in [5.41, 5.74) is -0.667. The van der Waals surface area contributed by atoms with Crippen molar-refractivity contribution in [2.45, 2.75) is 108 Å². The quantitative estimate of drug-likeness (QED) is 0.440. The lowest BCUT2D eigenvalue weighted by atomic mass is 9.83. The van der Waals surface area contributed by atoms with Crippen molar-refractivity contribution >= 4 is 29.3 Å². The Morgan fingerprint density at radius 2 is 1.82 bits per heavy atom. The predicted molar refractivity (Wildman–Crippen MR) is 160 cm³/mol. The number of alkyl carbamates (subject to hydrolysis) is 1. The maximum atomic E-state index is 15.9. The Morgan fingerprint density at radius 1 is 1.07 bits per heavy atom. The number of hydrogen-bond acceptors (Lipinski definition) is 8. The molecule has 2 aliphatic heterocycles. The fraction of sp³-hybridized carbons (Fsp3) is 0.667. The number of carbonyl (C=O) groups is 3. The standard InChI is InChI=1S/C33H42F2N4O6/c1-19-25(18-40)39-17-26(19)44-29-28(36-23-13-12-22(43-3)15-24(23)37-29)33(34,35)14-8-7-11-21-16-32(21,2)45-31(42)38-27(30(39)41)20-9-5-4-6-10-20/h12-13,15,18-21,25-27H,4-11,14,16-17H2,1-3H3,(H,38,42)/t19-,21+,25+,26-,27-,32+/m0/s1. The number of methoxy groups -OCH3 is 1. The average molecular weight is 629 g/mol. The number of aromatic nitrogens is 2. The highest BCUT2D eigenvalue weighted by Gasteiger charge is 2.54. The molecule has 3 heterocycles. The molecule has 1 aromatic heterocycles. The number of rotatable bonds is 3. The van der Waals surface area contributed by atoms with Crippen molar-refractivity contribution in [3.05, 3.63) is 23.9 Å². The molecule has 2 aliphatic carbocycles. The summed E-state index contributed by atoms with van der Waals surface area (Å²) in [5, 5.41) is 2.88. The van der Waals surface area contributed by atoms with Crippen molar-refractivity contribution in [1.82, 2.24) is 20.2 Å². The van der Waals surface area contributed by atoms with Crippen LogP contribution in [0.3, 0.4) is 0 Å². The number of alkyl halides is 2. The van der Waals surface area contributed by atoms with Crippen LogP contribution in [0.2, 0.25) is 0 Å². The van der Waals surface area contributed by atoms with Crippen LogP contribution in [0, 0.1) is 17.8 Å². The summed E-state index contributed by atoms with van der Waals surface area (Å²) in [4.78, 5) is 50.1. The Balaban J connectivity index is 1.38. The Kier molecular flexibility index (Phi) is 8.60. The van der Waals surface area contributed by atoms with Crippen LogP contribution in [0.5, 0.6) is 11.6 Å². The zero-order valence-electron chi connectivity index (χ0n) is 26.1. The minimum absolute atomic E-state index is 0.0357. The van der Waals surface area contributed by atoms with Crippen molar-refractivity contribution in [1.29, 1.82) is 0 Å². The van der Waals surface area contributed by atoms with Gasteiger partial charge in [-0.15, -0.1) is 0 Å². The zero-order chi connectivity index (χ0) is 31.9.